The summed E-state index contributed by atoms with van der Waals surface area (Å²) in [4.78, 5) is 30.0. The Bertz CT molecular complexity index is 519. The highest BCUT2D eigenvalue weighted by molar-refractivity contribution is 7.09. The van der Waals surface area contributed by atoms with Crippen LogP contribution in [0.15, 0.2) is 5.38 Å². The maximum atomic E-state index is 12.2. The van der Waals surface area contributed by atoms with Gasteiger partial charge in [-0.25, -0.2) is 4.98 Å². The average Bonchev–Trinajstić information content (AvgIpc) is 2.77. The molecule has 110 valence electrons. The van der Waals surface area contributed by atoms with Crippen LogP contribution in [0.2, 0.25) is 0 Å². The number of nitrogens with one attached hydrogen (secondary N) is 1. The van der Waals surface area contributed by atoms with Gasteiger partial charge in [0, 0.05) is 23.8 Å². The van der Waals surface area contributed by atoms with E-state index in [-0.39, 0.29) is 17.2 Å². The Labute approximate surface area is 123 Å². The Kier molecular flexibility index (Phi) is 4.13. The number of hydrogen-bond donors (Lipinski definition) is 1. The first-order valence-corrected chi connectivity index (χ1v) is 7.68. The molecule has 0 radical (unpaired) electrons. The van der Waals surface area contributed by atoms with E-state index < -0.39 is 6.04 Å². The zero-order valence-corrected chi connectivity index (χ0v) is 13.2. The van der Waals surface area contributed by atoms with Crippen molar-refractivity contribution in [2.24, 2.45) is 0 Å². The SMILES string of the molecule is CC1NC(=O)CCN(Cc2nc(C(C)(C)C)cs2)C1=O. The fourth-order valence-electron chi connectivity index (χ4n) is 2.04. The molecule has 1 unspecified atom stereocenters. The first kappa shape index (κ1) is 15.0. The van der Waals surface area contributed by atoms with Gasteiger partial charge in [-0.05, 0) is 6.92 Å². The monoisotopic (exact) mass is 295 g/mol. The molecular formula is C14H21N3O2S. The van der Waals surface area contributed by atoms with E-state index >= 15 is 0 Å². The second-order valence-corrected chi connectivity index (χ2v) is 7.12. The van der Waals surface area contributed by atoms with Gasteiger partial charge < -0.3 is 10.2 Å². The van der Waals surface area contributed by atoms with E-state index in [0.717, 1.165) is 10.7 Å². The fraction of sp³-hybridized carbons (Fsp3) is 0.643. The van der Waals surface area contributed by atoms with Gasteiger partial charge in [-0.3, -0.25) is 9.59 Å². The molecule has 1 fully saturated rings. The molecule has 2 amide bonds. The van der Waals surface area contributed by atoms with Crippen molar-refractivity contribution in [2.75, 3.05) is 6.54 Å². The van der Waals surface area contributed by atoms with Crippen LogP contribution >= 0.6 is 11.3 Å². The summed E-state index contributed by atoms with van der Waals surface area (Å²) in [5.74, 6) is -0.105. The highest BCUT2D eigenvalue weighted by Gasteiger charge is 2.27. The van der Waals surface area contributed by atoms with Gasteiger partial charge in [0.25, 0.3) is 0 Å². The Morgan fingerprint density at radius 2 is 2.15 bits per heavy atom. The summed E-state index contributed by atoms with van der Waals surface area (Å²) in [5.41, 5.74) is 1.06. The zero-order chi connectivity index (χ0) is 14.9. The smallest absolute Gasteiger partial charge is 0.245 e. The molecule has 0 saturated carbocycles. The fourth-order valence-corrected chi connectivity index (χ4v) is 3.08. The molecule has 1 aliphatic heterocycles. The van der Waals surface area contributed by atoms with Crippen molar-refractivity contribution in [3.63, 3.8) is 0 Å². The van der Waals surface area contributed by atoms with E-state index in [1.54, 1.807) is 23.2 Å². The van der Waals surface area contributed by atoms with Crippen molar-refractivity contribution in [3.8, 4) is 0 Å². The molecule has 1 aromatic rings. The Balaban J connectivity index is 2.10. The van der Waals surface area contributed by atoms with Crippen LogP contribution in [0.4, 0.5) is 0 Å². The van der Waals surface area contributed by atoms with Gasteiger partial charge in [0.15, 0.2) is 0 Å². The van der Waals surface area contributed by atoms with Crippen LogP contribution in [0, 0.1) is 0 Å². The lowest BCUT2D eigenvalue weighted by Crippen LogP contribution is -2.42. The van der Waals surface area contributed by atoms with Gasteiger partial charge in [-0.1, -0.05) is 20.8 Å². The number of hydrogen-bond acceptors (Lipinski definition) is 4. The standard InChI is InChI=1S/C14H21N3O2S/c1-9-13(19)17(6-5-11(18)15-9)7-12-16-10(8-20-12)14(2,3)4/h8-9H,5-7H2,1-4H3,(H,15,18). The molecule has 0 spiro atoms. The van der Waals surface area contributed by atoms with E-state index in [2.05, 4.69) is 31.1 Å². The molecule has 1 N–H and O–H groups in total. The van der Waals surface area contributed by atoms with E-state index in [4.69, 9.17) is 0 Å². The lowest BCUT2D eigenvalue weighted by Gasteiger charge is -2.21. The van der Waals surface area contributed by atoms with E-state index in [9.17, 15) is 9.59 Å². The quantitative estimate of drug-likeness (QED) is 0.903. The minimum absolute atomic E-state index is 0.0162. The molecule has 1 aliphatic rings. The highest BCUT2D eigenvalue weighted by atomic mass is 32.1. The predicted octanol–water partition coefficient (Wildman–Crippen LogP) is 1.68. The van der Waals surface area contributed by atoms with Crippen molar-refractivity contribution in [1.82, 2.24) is 15.2 Å². The molecule has 0 aliphatic carbocycles. The lowest BCUT2D eigenvalue weighted by molar-refractivity contribution is -0.133. The Morgan fingerprint density at radius 3 is 2.75 bits per heavy atom. The first-order valence-electron chi connectivity index (χ1n) is 6.80. The van der Waals surface area contributed by atoms with E-state index in [1.807, 2.05) is 5.38 Å². The molecule has 6 heteroatoms. The third kappa shape index (κ3) is 3.36. The maximum Gasteiger partial charge on any atom is 0.245 e. The molecule has 1 aromatic heterocycles. The molecule has 2 heterocycles. The molecular weight excluding hydrogens is 274 g/mol. The second kappa shape index (κ2) is 5.52. The molecule has 1 atom stereocenters. The number of amides is 2. The second-order valence-electron chi connectivity index (χ2n) is 6.18. The number of carbonyl (C=O) groups excluding carboxylic acids is 2. The van der Waals surface area contributed by atoms with Crippen LogP contribution in [-0.4, -0.2) is 34.3 Å². The number of thiazole rings is 1. The van der Waals surface area contributed by atoms with Gasteiger partial charge in [0.1, 0.15) is 11.0 Å². The number of rotatable bonds is 2. The zero-order valence-electron chi connectivity index (χ0n) is 12.4. The maximum absolute atomic E-state index is 12.2. The highest BCUT2D eigenvalue weighted by Crippen LogP contribution is 2.24. The topological polar surface area (TPSA) is 62.3 Å². The van der Waals surface area contributed by atoms with Crippen LogP contribution in [0.25, 0.3) is 0 Å². The molecule has 5 nitrogen and oxygen atoms in total. The summed E-state index contributed by atoms with van der Waals surface area (Å²) in [6.07, 6.45) is 0.355. The third-order valence-electron chi connectivity index (χ3n) is 3.31. The molecule has 2 rings (SSSR count). The van der Waals surface area contributed by atoms with Crippen molar-refractivity contribution in [1.29, 1.82) is 0 Å². The summed E-state index contributed by atoms with van der Waals surface area (Å²) in [6, 6.07) is -0.452. The number of nitrogens with zero attached hydrogens (tertiary/aromatic N) is 2. The minimum atomic E-state index is -0.452. The van der Waals surface area contributed by atoms with Crippen molar-refractivity contribution in [2.45, 2.75) is 52.1 Å². The average molecular weight is 295 g/mol. The van der Waals surface area contributed by atoms with Crippen molar-refractivity contribution in [3.05, 3.63) is 16.1 Å². The Morgan fingerprint density at radius 1 is 1.45 bits per heavy atom. The van der Waals surface area contributed by atoms with Gasteiger partial charge in [-0.15, -0.1) is 11.3 Å². The summed E-state index contributed by atoms with van der Waals surface area (Å²) >= 11 is 1.57. The van der Waals surface area contributed by atoms with Crippen LogP contribution in [0.3, 0.4) is 0 Å². The summed E-state index contributed by atoms with van der Waals surface area (Å²) in [5, 5.41) is 5.66. The molecule has 20 heavy (non-hydrogen) atoms. The van der Waals surface area contributed by atoms with Gasteiger partial charge in [-0.2, -0.15) is 0 Å². The van der Waals surface area contributed by atoms with Crippen LogP contribution in [0.5, 0.6) is 0 Å². The Hall–Kier alpha value is -1.43. The van der Waals surface area contributed by atoms with Crippen molar-refractivity contribution < 1.29 is 9.59 Å². The minimum Gasteiger partial charge on any atom is -0.345 e. The largest absolute Gasteiger partial charge is 0.345 e. The van der Waals surface area contributed by atoms with Crippen molar-refractivity contribution >= 4 is 23.2 Å². The molecule has 0 bridgehead atoms. The van der Waals surface area contributed by atoms with Gasteiger partial charge in [0.05, 0.1) is 12.2 Å². The summed E-state index contributed by atoms with van der Waals surface area (Å²) < 4.78 is 0. The van der Waals surface area contributed by atoms with Gasteiger partial charge in [0.2, 0.25) is 11.8 Å². The third-order valence-corrected chi connectivity index (χ3v) is 4.15. The van der Waals surface area contributed by atoms with Gasteiger partial charge >= 0.3 is 0 Å². The van der Waals surface area contributed by atoms with E-state index in [1.165, 1.54) is 0 Å². The first-order chi connectivity index (χ1) is 9.27. The normalized spacial score (nSPS) is 20.8. The molecule has 1 saturated heterocycles. The summed E-state index contributed by atoms with van der Waals surface area (Å²) in [7, 11) is 0. The lowest BCUT2D eigenvalue weighted by atomic mass is 9.93. The number of carbonyl (C=O) groups is 2. The predicted molar refractivity (Wildman–Crippen MR) is 78.5 cm³/mol. The van der Waals surface area contributed by atoms with E-state index in [0.29, 0.717) is 19.5 Å². The molecule has 0 aromatic carbocycles. The van der Waals surface area contributed by atoms with Crippen LogP contribution in [-0.2, 0) is 21.5 Å². The summed E-state index contributed by atoms with van der Waals surface area (Å²) in [6.45, 7) is 9.02. The van der Waals surface area contributed by atoms with Crippen LogP contribution < -0.4 is 5.32 Å². The van der Waals surface area contributed by atoms with Crippen LogP contribution in [0.1, 0.15) is 44.8 Å². The number of aromatic nitrogens is 1.